The maximum atomic E-state index is 10.4. The van der Waals surface area contributed by atoms with Gasteiger partial charge in [0.2, 0.25) is 5.89 Å². The van der Waals surface area contributed by atoms with Gasteiger partial charge in [-0.1, -0.05) is 5.16 Å². The van der Waals surface area contributed by atoms with Crippen molar-refractivity contribution in [3.63, 3.8) is 0 Å². The zero-order valence-corrected chi connectivity index (χ0v) is 14.1. The molecule has 24 heavy (non-hydrogen) atoms. The second-order valence-corrected chi connectivity index (χ2v) is 7.09. The fourth-order valence-corrected chi connectivity index (χ4v) is 3.38. The Morgan fingerprint density at radius 2 is 2.04 bits per heavy atom. The van der Waals surface area contributed by atoms with Gasteiger partial charge < -0.3 is 14.9 Å². The van der Waals surface area contributed by atoms with Gasteiger partial charge in [0, 0.05) is 30.5 Å². The number of anilines is 1. The summed E-state index contributed by atoms with van der Waals surface area (Å²) in [5, 5.41) is 17.8. The van der Waals surface area contributed by atoms with Gasteiger partial charge in [-0.2, -0.15) is 4.98 Å². The fourth-order valence-electron chi connectivity index (χ4n) is 3.38. The first kappa shape index (κ1) is 15.5. The van der Waals surface area contributed by atoms with Crippen molar-refractivity contribution < 1.29 is 9.63 Å². The molecule has 2 aliphatic carbocycles. The third-order valence-corrected chi connectivity index (χ3v) is 5.01. The van der Waals surface area contributed by atoms with Gasteiger partial charge in [-0.15, -0.1) is 0 Å². The smallest absolute Gasteiger partial charge is 0.229 e. The van der Waals surface area contributed by atoms with Crippen molar-refractivity contribution in [2.24, 2.45) is 5.92 Å². The maximum absolute atomic E-state index is 10.4. The molecule has 0 amide bonds. The average Bonchev–Trinajstić information content (AvgIpc) is 3.17. The van der Waals surface area contributed by atoms with E-state index in [0.29, 0.717) is 24.8 Å². The molecule has 7 nitrogen and oxygen atoms in total. The quantitative estimate of drug-likeness (QED) is 0.868. The van der Waals surface area contributed by atoms with Crippen LogP contribution in [0.3, 0.4) is 0 Å². The van der Waals surface area contributed by atoms with Crippen LogP contribution in [-0.2, 0) is 0 Å². The van der Waals surface area contributed by atoms with Crippen LogP contribution < -0.4 is 5.32 Å². The Morgan fingerprint density at radius 1 is 1.21 bits per heavy atom. The Labute approximate surface area is 140 Å². The molecule has 3 atom stereocenters. The summed E-state index contributed by atoms with van der Waals surface area (Å²) >= 11 is 0. The Morgan fingerprint density at radius 3 is 2.83 bits per heavy atom. The van der Waals surface area contributed by atoms with Gasteiger partial charge in [0.15, 0.2) is 5.82 Å². The number of nitrogens with zero attached hydrogens (tertiary/aromatic N) is 4. The molecule has 0 aliphatic heterocycles. The van der Waals surface area contributed by atoms with Gasteiger partial charge in [-0.3, -0.25) is 4.98 Å². The van der Waals surface area contributed by atoms with Crippen LogP contribution >= 0.6 is 0 Å². The minimum absolute atomic E-state index is 0.146. The maximum Gasteiger partial charge on any atom is 0.229 e. The Kier molecular flexibility index (Phi) is 3.96. The van der Waals surface area contributed by atoms with Gasteiger partial charge in [-0.05, 0) is 39.5 Å². The average molecular weight is 329 g/mol. The van der Waals surface area contributed by atoms with Crippen LogP contribution in [0.25, 0.3) is 0 Å². The minimum Gasteiger partial charge on any atom is -0.393 e. The highest BCUT2D eigenvalue weighted by atomic mass is 16.5. The van der Waals surface area contributed by atoms with E-state index in [-0.39, 0.29) is 17.9 Å². The van der Waals surface area contributed by atoms with Crippen molar-refractivity contribution >= 4 is 5.82 Å². The number of rotatable bonds is 5. The first-order valence-electron chi connectivity index (χ1n) is 8.66. The summed E-state index contributed by atoms with van der Waals surface area (Å²) < 4.78 is 5.43. The molecule has 0 unspecified atom stereocenters. The number of aliphatic hydroxyl groups is 1. The normalized spacial score (nSPS) is 26.7. The lowest BCUT2D eigenvalue weighted by atomic mass is 10.0. The van der Waals surface area contributed by atoms with E-state index in [9.17, 15) is 5.11 Å². The molecule has 2 heterocycles. The molecule has 2 saturated carbocycles. The molecule has 0 bridgehead atoms. The Balaban J connectivity index is 1.38. The monoisotopic (exact) mass is 329 g/mol. The van der Waals surface area contributed by atoms with Crippen LogP contribution in [0.1, 0.15) is 60.6 Å². The van der Waals surface area contributed by atoms with Crippen molar-refractivity contribution in [1.29, 1.82) is 0 Å². The summed E-state index contributed by atoms with van der Waals surface area (Å²) in [5.74, 6) is 3.11. The van der Waals surface area contributed by atoms with Crippen molar-refractivity contribution in [1.82, 2.24) is 20.1 Å². The molecule has 2 N–H and O–H groups in total. The molecule has 0 aromatic carbocycles. The van der Waals surface area contributed by atoms with Crippen molar-refractivity contribution in [2.75, 3.05) is 11.9 Å². The molecular formula is C17H23N5O2. The molecule has 0 spiro atoms. The van der Waals surface area contributed by atoms with Gasteiger partial charge in [0.25, 0.3) is 0 Å². The predicted octanol–water partition coefficient (Wildman–Crippen LogP) is 2.32. The fraction of sp³-hybridized carbons (Fsp3) is 0.647. The summed E-state index contributed by atoms with van der Waals surface area (Å²) in [5.41, 5.74) is 1.75. The van der Waals surface area contributed by atoms with Crippen LogP contribution in [0.4, 0.5) is 5.82 Å². The van der Waals surface area contributed by atoms with Crippen LogP contribution in [0.5, 0.6) is 0 Å². The predicted molar refractivity (Wildman–Crippen MR) is 87.7 cm³/mol. The molecule has 2 fully saturated rings. The number of hydrogen-bond donors (Lipinski definition) is 2. The summed E-state index contributed by atoms with van der Waals surface area (Å²) in [6.07, 6.45) is 5.24. The second-order valence-electron chi connectivity index (χ2n) is 7.09. The number of aromatic nitrogens is 4. The number of nitrogens with one attached hydrogen (secondary N) is 1. The van der Waals surface area contributed by atoms with E-state index >= 15 is 0 Å². The van der Waals surface area contributed by atoms with Gasteiger partial charge in [0.1, 0.15) is 5.82 Å². The molecule has 0 radical (unpaired) electrons. The van der Waals surface area contributed by atoms with Crippen LogP contribution in [-0.4, -0.2) is 37.9 Å². The molecular weight excluding hydrogens is 306 g/mol. The third kappa shape index (κ3) is 3.13. The lowest BCUT2D eigenvalue weighted by Crippen LogP contribution is -2.22. The number of hydrogen-bond acceptors (Lipinski definition) is 7. The SMILES string of the molecule is Cc1cnc(C)c(NC[C@H]2C[C@H](c3nc(C4CC4)no3)C[C@H]2O)n1. The lowest BCUT2D eigenvalue weighted by molar-refractivity contribution is 0.137. The Bertz CT molecular complexity index is 728. The lowest BCUT2D eigenvalue weighted by Gasteiger charge is -2.16. The van der Waals surface area contributed by atoms with Gasteiger partial charge in [-0.25, -0.2) is 4.98 Å². The van der Waals surface area contributed by atoms with Crippen LogP contribution in [0.2, 0.25) is 0 Å². The van der Waals surface area contributed by atoms with E-state index in [0.717, 1.165) is 42.3 Å². The van der Waals surface area contributed by atoms with Crippen molar-refractivity contribution in [2.45, 2.75) is 57.5 Å². The molecule has 7 heteroatoms. The Hall–Kier alpha value is -2.02. The van der Waals surface area contributed by atoms with E-state index in [1.165, 1.54) is 0 Å². The van der Waals surface area contributed by atoms with E-state index < -0.39 is 0 Å². The first-order valence-corrected chi connectivity index (χ1v) is 8.66. The van der Waals surface area contributed by atoms with Crippen LogP contribution in [0, 0.1) is 19.8 Å². The summed E-state index contributed by atoms with van der Waals surface area (Å²) in [4.78, 5) is 13.3. The van der Waals surface area contributed by atoms with E-state index in [1.54, 1.807) is 6.20 Å². The highest BCUT2D eigenvalue weighted by Crippen LogP contribution is 2.41. The third-order valence-electron chi connectivity index (χ3n) is 5.01. The standard InChI is InChI=1S/C17H23N5O2/c1-9-7-18-10(2)15(20-9)19-8-13-5-12(6-14(13)23)17-21-16(22-24-17)11-3-4-11/h7,11-14,23H,3-6,8H2,1-2H3,(H,19,20)/t12-,13+,14+/m0/s1. The van der Waals surface area contributed by atoms with Crippen molar-refractivity contribution in [3.8, 4) is 0 Å². The minimum atomic E-state index is -0.364. The largest absolute Gasteiger partial charge is 0.393 e. The van der Waals surface area contributed by atoms with Crippen LogP contribution in [0.15, 0.2) is 10.7 Å². The summed E-state index contributed by atoms with van der Waals surface area (Å²) in [6.45, 7) is 4.52. The zero-order chi connectivity index (χ0) is 16.7. The topological polar surface area (TPSA) is 97.0 Å². The highest BCUT2D eigenvalue weighted by molar-refractivity contribution is 5.39. The van der Waals surface area contributed by atoms with Gasteiger partial charge >= 0.3 is 0 Å². The molecule has 0 saturated heterocycles. The molecule has 128 valence electrons. The first-order chi connectivity index (χ1) is 11.6. The van der Waals surface area contributed by atoms with E-state index in [2.05, 4.69) is 25.4 Å². The summed E-state index contributed by atoms with van der Waals surface area (Å²) in [7, 11) is 0. The molecule has 2 aliphatic rings. The molecule has 2 aromatic heterocycles. The van der Waals surface area contributed by atoms with Gasteiger partial charge in [0.05, 0.1) is 17.5 Å². The van der Waals surface area contributed by atoms with Crippen molar-refractivity contribution in [3.05, 3.63) is 29.3 Å². The second kappa shape index (κ2) is 6.12. The number of aliphatic hydroxyl groups excluding tert-OH is 1. The highest BCUT2D eigenvalue weighted by Gasteiger charge is 2.38. The zero-order valence-electron chi connectivity index (χ0n) is 14.1. The van der Waals surface area contributed by atoms with E-state index in [1.807, 2.05) is 13.8 Å². The van der Waals surface area contributed by atoms with E-state index in [4.69, 9.17) is 4.52 Å². The molecule has 4 rings (SSSR count). The summed E-state index contributed by atoms with van der Waals surface area (Å²) in [6, 6.07) is 0. The molecule has 2 aromatic rings. The number of aryl methyl sites for hydroxylation is 2.